The predicted octanol–water partition coefficient (Wildman–Crippen LogP) is 1.45. The van der Waals surface area contributed by atoms with E-state index in [4.69, 9.17) is 10.5 Å². The minimum atomic E-state index is -0.170. The van der Waals surface area contributed by atoms with Gasteiger partial charge in [-0.25, -0.2) is 0 Å². The van der Waals surface area contributed by atoms with Gasteiger partial charge in [-0.2, -0.15) is 0 Å². The molecule has 0 radical (unpaired) electrons. The maximum atomic E-state index is 11.9. The van der Waals surface area contributed by atoms with Crippen molar-refractivity contribution < 1.29 is 9.53 Å². The summed E-state index contributed by atoms with van der Waals surface area (Å²) in [5.74, 6) is 0.577. The first kappa shape index (κ1) is 13.3. The molecule has 6 nitrogen and oxygen atoms in total. The van der Waals surface area contributed by atoms with Gasteiger partial charge in [0.15, 0.2) is 0 Å². The third kappa shape index (κ3) is 3.65. The number of carbonyl (C=O) groups is 1. The zero-order chi connectivity index (χ0) is 13.7. The molecule has 7 heteroatoms. The first-order valence-electron chi connectivity index (χ1n) is 5.78. The molecule has 0 atom stereocenters. The van der Waals surface area contributed by atoms with Gasteiger partial charge in [-0.3, -0.25) is 4.79 Å². The highest BCUT2D eigenvalue weighted by Crippen LogP contribution is 2.13. The van der Waals surface area contributed by atoms with Gasteiger partial charge in [-0.05, 0) is 31.2 Å². The number of hydrogen-bond acceptors (Lipinski definition) is 6. The highest BCUT2D eigenvalue weighted by atomic mass is 32.1. The van der Waals surface area contributed by atoms with E-state index in [2.05, 4.69) is 15.5 Å². The van der Waals surface area contributed by atoms with Gasteiger partial charge in [0.2, 0.25) is 5.13 Å². The summed E-state index contributed by atoms with van der Waals surface area (Å²) < 4.78 is 5.31. The van der Waals surface area contributed by atoms with Gasteiger partial charge in [0.1, 0.15) is 10.8 Å². The van der Waals surface area contributed by atoms with Crippen LogP contribution in [0.5, 0.6) is 5.75 Å². The van der Waals surface area contributed by atoms with Gasteiger partial charge < -0.3 is 15.8 Å². The third-order valence-corrected chi connectivity index (χ3v) is 3.06. The van der Waals surface area contributed by atoms with Gasteiger partial charge in [-0.15, -0.1) is 10.2 Å². The van der Waals surface area contributed by atoms with E-state index in [-0.39, 0.29) is 5.91 Å². The van der Waals surface area contributed by atoms with Crippen molar-refractivity contribution in [1.29, 1.82) is 0 Å². The SMILES string of the molecule is CCOc1ccc(C(=O)NCc2nnc(N)s2)cc1. The van der Waals surface area contributed by atoms with Gasteiger partial charge >= 0.3 is 0 Å². The number of anilines is 1. The van der Waals surface area contributed by atoms with Crippen LogP contribution >= 0.6 is 11.3 Å². The van der Waals surface area contributed by atoms with E-state index in [0.717, 1.165) is 5.75 Å². The van der Waals surface area contributed by atoms with Crippen LogP contribution in [0.3, 0.4) is 0 Å². The molecular formula is C12H14N4O2S. The standard InChI is InChI=1S/C12H14N4O2S/c1-2-18-9-5-3-8(4-6-9)11(17)14-7-10-15-16-12(13)19-10/h3-6H,2,7H2,1H3,(H2,13,16)(H,14,17). The Morgan fingerprint density at radius 2 is 2.11 bits per heavy atom. The summed E-state index contributed by atoms with van der Waals surface area (Å²) >= 11 is 1.25. The Kier molecular flexibility index (Phi) is 4.30. The quantitative estimate of drug-likeness (QED) is 0.864. The summed E-state index contributed by atoms with van der Waals surface area (Å²) in [6, 6.07) is 6.96. The minimum absolute atomic E-state index is 0.170. The molecule has 0 aliphatic carbocycles. The Morgan fingerprint density at radius 1 is 1.37 bits per heavy atom. The monoisotopic (exact) mass is 278 g/mol. The molecule has 1 amide bonds. The smallest absolute Gasteiger partial charge is 0.251 e. The molecule has 0 aliphatic rings. The Bertz CT molecular complexity index is 553. The van der Waals surface area contributed by atoms with Crippen molar-refractivity contribution in [2.24, 2.45) is 0 Å². The van der Waals surface area contributed by atoms with E-state index in [1.54, 1.807) is 24.3 Å². The number of carbonyl (C=O) groups excluding carboxylic acids is 1. The lowest BCUT2D eigenvalue weighted by Gasteiger charge is -2.05. The number of rotatable bonds is 5. The van der Waals surface area contributed by atoms with Crippen LogP contribution in [0.1, 0.15) is 22.3 Å². The molecule has 1 aromatic carbocycles. The molecule has 0 saturated heterocycles. The average Bonchev–Trinajstić information content (AvgIpc) is 2.83. The van der Waals surface area contributed by atoms with E-state index in [1.165, 1.54) is 11.3 Å². The Hall–Kier alpha value is -2.15. The number of nitrogens with zero attached hydrogens (tertiary/aromatic N) is 2. The number of benzene rings is 1. The van der Waals surface area contributed by atoms with Crippen molar-refractivity contribution in [3.63, 3.8) is 0 Å². The van der Waals surface area contributed by atoms with Crippen LogP contribution in [0.25, 0.3) is 0 Å². The minimum Gasteiger partial charge on any atom is -0.494 e. The first-order chi connectivity index (χ1) is 9.19. The average molecular weight is 278 g/mol. The number of ether oxygens (including phenoxy) is 1. The molecule has 0 saturated carbocycles. The van der Waals surface area contributed by atoms with Crippen LogP contribution in [0, 0.1) is 0 Å². The molecule has 0 bridgehead atoms. The lowest BCUT2D eigenvalue weighted by atomic mass is 10.2. The van der Waals surface area contributed by atoms with Gasteiger partial charge in [0, 0.05) is 5.56 Å². The molecule has 19 heavy (non-hydrogen) atoms. The zero-order valence-corrected chi connectivity index (χ0v) is 11.2. The summed E-state index contributed by atoms with van der Waals surface area (Å²) in [5.41, 5.74) is 6.03. The maximum absolute atomic E-state index is 11.9. The summed E-state index contributed by atoms with van der Waals surface area (Å²) in [4.78, 5) is 11.9. The maximum Gasteiger partial charge on any atom is 0.251 e. The molecule has 2 aromatic rings. The second-order valence-electron chi connectivity index (χ2n) is 3.67. The first-order valence-corrected chi connectivity index (χ1v) is 6.59. The topological polar surface area (TPSA) is 90.1 Å². The summed E-state index contributed by atoms with van der Waals surface area (Å²) in [7, 11) is 0. The number of nitrogens with one attached hydrogen (secondary N) is 1. The van der Waals surface area contributed by atoms with E-state index in [1.807, 2.05) is 6.92 Å². The van der Waals surface area contributed by atoms with Crippen LogP contribution in [0.2, 0.25) is 0 Å². The number of amides is 1. The number of nitrogens with two attached hydrogens (primary N) is 1. The molecule has 1 aromatic heterocycles. The molecule has 0 unspecified atom stereocenters. The number of aromatic nitrogens is 2. The Morgan fingerprint density at radius 3 is 2.68 bits per heavy atom. The number of hydrogen-bond donors (Lipinski definition) is 2. The van der Waals surface area contributed by atoms with Crippen LogP contribution in [0.15, 0.2) is 24.3 Å². The number of nitrogen functional groups attached to an aromatic ring is 1. The van der Waals surface area contributed by atoms with Crippen LogP contribution in [-0.4, -0.2) is 22.7 Å². The normalized spacial score (nSPS) is 10.2. The van der Waals surface area contributed by atoms with E-state index in [0.29, 0.717) is 28.9 Å². The second kappa shape index (κ2) is 6.14. The van der Waals surface area contributed by atoms with Crippen molar-refractivity contribution >= 4 is 22.4 Å². The summed E-state index contributed by atoms with van der Waals surface area (Å²) in [6.45, 7) is 2.83. The second-order valence-corrected chi connectivity index (χ2v) is 4.77. The lowest BCUT2D eigenvalue weighted by molar-refractivity contribution is 0.0951. The molecule has 100 valence electrons. The zero-order valence-electron chi connectivity index (χ0n) is 10.4. The van der Waals surface area contributed by atoms with Crippen molar-refractivity contribution in [2.75, 3.05) is 12.3 Å². The van der Waals surface area contributed by atoms with E-state index < -0.39 is 0 Å². The van der Waals surface area contributed by atoms with Crippen molar-refractivity contribution in [3.05, 3.63) is 34.8 Å². The molecule has 0 spiro atoms. The molecule has 2 rings (SSSR count). The van der Waals surface area contributed by atoms with Crippen molar-refractivity contribution in [3.8, 4) is 5.75 Å². The Balaban J connectivity index is 1.92. The summed E-state index contributed by atoms with van der Waals surface area (Å²) in [5, 5.41) is 11.3. The van der Waals surface area contributed by atoms with Gasteiger partial charge in [0.05, 0.1) is 13.2 Å². The van der Waals surface area contributed by atoms with Gasteiger partial charge in [-0.1, -0.05) is 11.3 Å². The van der Waals surface area contributed by atoms with Crippen molar-refractivity contribution in [1.82, 2.24) is 15.5 Å². The fourth-order valence-electron chi connectivity index (χ4n) is 1.47. The predicted molar refractivity (Wildman–Crippen MR) is 73.1 cm³/mol. The Labute approximate surface area is 114 Å². The molecule has 0 fully saturated rings. The van der Waals surface area contributed by atoms with Crippen LogP contribution < -0.4 is 15.8 Å². The fourth-order valence-corrected chi connectivity index (χ4v) is 2.01. The van der Waals surface area contributed by atoms with Crippen LogP contribution in [-0.2, 0) is 6.54 Å². The highest BCUT2D eigenvalue weighted by Gasteiger charge is 2.07. The fraction of sp³-hybridized carbons (Fsp3) is 0.250. The lowest BCUT2D eigenvalue weighted by Crippen LogP contribution is -2.22. The highest BCUT2D eigenvalue weighted by molar-refractivity contribution is 7.15. The van der Waals surface area contributed by atoms with Gasteiger partial charge in [0.25, 0.3) is 5.91 Å². The van der Waals surface area contributed by atoms with E-state index >= 15 is 0 Å². The van der Waals surface area contributed by atoms with Crippen molar-refractivity contribution in [2.45, 2.75) is 13.5 Å². The molecule has 1 heterocycles. The summed E-state index contributed by atoms with van der Waals surface area (Å²) in [6.07, 6.45) is 0. The molecule has 3 N–H and O–H groups in total. The third-order valence-electron chi connectivity index (χ3n) is 2.31. The largest absolute Gasteiger partial charge is 0.494 e. The molecule has 0 aliphatic heterocycles. The molecular weight excluding hydrogens is 264 g/mol. The van der Waals surface area contributed by atoms with E-state index in [9.17, 15) is 4.79 Å². The van der Waals surface area contributed by atoms with Crippen LogP contribution in [0.4, 0.5) is 5.13 Å².